The van der Waals surface area contributed by atoms with Gasteiger partial charge in [0, 0.05) is 51.5 Å². The molecule has 1 saturated carbocycles. The Labute approximate surface area is 192 Å². The van der Waals surface area contributed by atoms with E-state index in [-0.39, 0.29) is 23.9 Å². The van der Waals surface area contributed by atoms with Gasteiger partial charge in [-0.05, 0) is 51.0 Å². The summed E-state index contributed by atoms with van der Waals surface area (Å²) in [4.78, 5) is 31.0. The van der Waals surface area contributed by atoms with Crippen LogP contribution >= 0.6 is 0 Å². The van der Waals surface area contributed by atoms with Crippen molar-refractivity contribution in [2.24, 2.45) is 10.9 Å². The molecule has 1 unspecified atom stereocenters. The van der Waals surface area contributed by atoms with E-state index < -0.39 is 0 Å². The number of rotatable bonds is 11. The highest BCUT2D eigenvalue weighted by Crippen LogP contribution is 2.21. The van der Waals surface area contributed by atoms with Gasteiger partial charge in [-0.15, -0.1) is 0 Å². The van der Waals surface area contributed by atoms with Crippen LogP contribution in [0.3, 0.4) is 0 Å². The summed E-state index contributed by atoms with van der Waals surface area (Å²) in [5.74, 6) is 1.11. The molecule has 7 nitrogen and oxygen atoms in total. The molecular weight excluding hydrogens is 404 g/mol. The molecule has 1 aliphatic heterocycles. The van der Waals surface area contributed by atoms with Gasteiger partial charge in [-0.3, -0.25) is 14.6 Å². The van der Waals surface area contributed by atoms with Gasteiger partial charge in [0.05, 0.1) is 0 Å². The lowest BCUT2D eigenvalue weighted by molar-refractivity contribution is -0.148. The Bertz CT molecular complexity index is 747. The Morgan fingerprint density at radius 1 is 1.19 bits per heavy atom. The molecule has 1 amide bonds. The van der Waals surface area contributed by atoms with Crippen molar-refractivity contribution in [1.82, 2.24) is 15.5 Å². The van der Waals surface area contributed by atoms with E-state index in [1.54, 1.807) is 0 Å². The van der Waals surface area contributed by atoms with E-state index in [2.05, 4.69) is 27.8 Å². The number of hydrogen-bond donors (Lipinski definition) is 2. The summed E-state index contributed by atoms with van der Waals surface area (Å²) < 4.78 is 5.50. The van der Waals surface area contributed by atoms with Crippen molar-refractivity contribution < 1.29 is 14.3 Å². The monoisotopic (exact) mass is 442 g/mol. The van der Waals surface area contributed by atoms with Crippen LogP contribution in [-0.4, -0.2) is 61.6 Å². The Kier molecular flexibility index (Phi) is 9.85. The van der Waals surface area contributed by atoms with Gasteiger partial charge in [0.15, 0.2) is 5.96 Å². The molecule has 1 heterocycles. The summed E-state index contributed by atoms with van der Waals surface area (Å²) in [6, 6.07) is 10.3. The van der Waals surface area contributed by atoms with Gasteiger partial charge in [0.1, 0.15) is 6.10 Å². The van der Waals surface area contributed by atoms with Crippen LogP contribution in [0, 0.1) is 5.92 Å². The number of guanidine groups is 1. The summed E-state index contributed by atoms with van der Waals surface area (Å²) >= 11 is 0. The fraction of sp³-hybridized carbons (Fsp3) is 0.640. The van der Waals surface area contributed by atoms with E-state index in [4.69, 9.17) is 4.74 Å². The molecule has 0 aromatic heterocycles. The topological polar surface area (TPSA) is 83.0 Å². The summed E-state index contributed by atoms with van der Waals surface area (Å²) in [6.45, 7) is 5.61. The van der Waals surface area contributed by atoms with Gasteiger partial charge >= 0.3 is 5.97 Å². The zero-order valence-corrected chi connectivity index (χ0v) is 19.4. The normalized spacial score (nSPS) is 19.4. The number of ether oxygens (including phenoxy) is 1. The Morgan fingerprint density at radius 2 is 1.97 bits per heavy atom. The van der Waals surface area contributed by atoms with Crippen LogP contribution < -0.4 is 10.6 Å². The predicted octanol–water partition coefficient (Wildman–Crippen LogP) is 2.90. The van der Waals surface area contributed by atoms with Crippen LogP contribution in [0.1, 0.15) is 57.4 Å². The van der Waals surface area contributed by atoms with Gasteiger partial charge in [-0.1, -0.05) is 30.3 Å². The Balaban J connectivity index is 1.35. The maximum Gasteiger partial charge on any atom is 0.306 e. The second kappa shape index (κ2) is 13.1. The molecule has 0 radical (unpaired) electrons. The lowest BCUT2D eigenvalue weighted by Gasteiger charge is -2.16. The van der Waals surface area contributed by atoms with E-state index in [1.165, 1.54) is 18.4 Å². The molecule has 1 saturated heterocycles. The number of nitrogens with zero attached hydrogens (tertiary/aromatic N) is 2. The van der Waals surface area contributed by atoms with Gasteiger partial charge in [0.25, 0.3) is 0 Å². The number of amides is 1. The summed E-state index contributed by atoms with van der Waals surface area (Å²) in [5, 5.41) is 6.54. The third-order valence-corrected chi connectivity index (χ3v) is 6.11. The number of carbonyl (C=O) groups excluding carboxylic acids is 2. The summed E-state index contributed by atoms with van der Waals surface area (Å²) in [7, 11) is 0. The first-order valence-electron chi connectivity index (χ1n) is 12.2. The molecule has 176 valence electrons. The molecular formula is C25H38N4O3. The highest BCUT2D eigenvalue weighted by atomic mass is 16.5. The van der Waals surface area contributed by atoms with Gasteiger partial charge in [-0.2, -0.15) is 0 Å². The first-order valence-corrected chi connectivity index (χ1v) is 12.2. The SMILES string of the molecule is CCNC(=NCC1CC(=O)N(CCc2ccccc2)C1)NCCCC(=O)OC1CCCC1. The smallest absolute Gasteiger partial charge is 0.306 e. The summed E-state index contributed by atoms with van der Waals surface area (Å²) in [6.07, 6.45) is 7.07. The number of esters is 1. The van der Waals surface area contributed by atoms with Gasteiger partial charge in [0.2, 0.25) is 5.91 Å². The molecule has 0 bridgehead atoms. The second-order valence-corrected chi connectivity index (χ2v) is 8.79. The Morgan fingerprint density at radius 3 is 2.72 bits per heavy atom. The molecule has 1 aliphatic carbocycles. The number of nitrogens with one attached hydrogen (secondary N) is 2. The van der Waals surface area contributed by atoms with Crippen molar-refractivity contribution in [3.63, 3.8) is 0 Å². The van der Waals surface area contributed by atoms with Crippen LogP contribution in [0.25, 0.3) is 0 Å². The predicted molar refractivity (Wildman–Crippen MR) is 126 cm³/mol. The third-order valence-electron chi connectivity index (χ3n) is 6.11. The third kappa shape index (κ3) is 8.17. The zero-order chi connectivity index (χ0) is 22.6. The van der Waals surface area contributed by atoms with E-state index in [0.717, 1.165) is 44.9 Å². The fourth-order valence-electron chi connectivity index (χ4n) is 4.35. The molecule has 2 aliphatic rings. The van der Waals surface area contributed by atoms with Crippen molar-refractivity contribution in [3.05, 3.63) is 35.9 Å². The minimum Gasteiger partial charge on any atom is -0.462 e. The Hall–Kier alpha value is -2.57. The number of benzene rings is 1. The maximum atomic E-state index is 12.4. The molecule has 2 N–H and O–H groups in total. The van der Waals surface area contributed by atoms with E-state index >= 15 is 0 Å². The molecule has 32 heavy (non-hydrogen) atoms. The molecule has 1 aromatic carbocycles. The van der Waals surface area contributed by atoms with E-state index in [0.29, 0.717) is 32.4 Å². The molecule has 1 aromatic rings. The number of aliphatic imine (C=N–C) groups is 1. The minimum atomic E-state index is -0.0966. The highest BCUT2D eigenvalue weighted by Gasteiger charge is 2.29. The fourth-order valence-corrected chi connectivity index (χ4v) is 4.35. The van der Waals surface area contributed by atoms with Crippen LogP contribution in [0.5, 0.6) is 0 Å². The molecule has 0 spiro atoms. The largest absolute Gasteiger partial charge is 0.462 e. The number of carbonyl (C=O) groups is 2. The lowest BCUT2D eigenvalue weighted by Crippen LogP contribution is -2.38. The van der Waals surface area contributed by atoms with Crippen molar-refractivity contribution in [2.45, 2.75) is 64.4 Å². The van der Waals surface area contributed by atoms with Gasteiger partial charge in [-0.25, -0.2) is 0 Å². The van der Waals surface area contributed by atoms with Crippen molar-refractivity contribution in [1.29, 1.82) is 0 Å². The molecule has 3 rings (SSSR count). The van der Waals surface area contributed by atoms with Crippen LogP contribution in [0.4, 0.5) is 0 Å². The molecule has 7 heteroatoms. The first-order chi connectivity index (χ1) is 15.6. The quantitative estimate of drug-likeness (QED) is 0.238. The van der Waals surface area contributed by atoms with Crippen LogP contribution in [-0.2, 0) is 20.7 Å². The van der Waals surface area contributed by atoms with Crippen molar-refractivity contribution in [2.75, 3.05) is 32.7 Å². The average Bonchev–Trinajstić information content (AvgIpc) is 3.43. The maximum absolute atomic E-state index is 12.4. The summed E-state index contributed by atoms with van der Waals surface area (Å²) in [5.41, 5.74) is 1.26. The minimum absolute atomic E-state index is 0.0966. The van der Waals surface area contributed by atoms with Crippen molar-refractivity contribution >= 4 is 17.8 Å². The first kappa shape index (κ1) is 24.1. The van der Waals surface area contributed by atoms with Crippen LogP contribution in [0.2, 0.25) is 0 Å². The highest BCUT2D eigenvalue weighted by molar-refractivity contribution is 5.80. The van der Waals surface area contributed by atoms with Gasteiger partial charge < -0.3 is 20.3 Å². The second-order valence-electron chi connectivity index (χ2n) is 8.79. The molecule has 1 atom stereocenters. The zero-order valence-electron chi connectivity index (χ0n) is 19.4. The van der Waals surface area contributed by atoms with E-state index in [9.17, 15) is 9.59 Å². The van der Waals surface area contributed by atoms with Crippen molar-refractivity contribution in [3.8, 4) is 0 Å². The number of hydrogen-bond acceptors (Lipinski definition) is 4. The van der Waals surface area contributed by atoms with E-state index in [1.807, 2.05) is 30.0 Å². The lowest BCUT2D eigenvalue weighted by atomic mass is 10.1. The molecule has 2 fully saturated rings. The number of likely N-dealkylation sites (tertiary alicyclic amines) is 1. The van der Waals surface area contributed by atoms with Crippen LogP contribution in [0.15, 0.2) is 35.3 Å². The average molecular weight is 443 g/mol. The standard InChI is InChI=1S/C25H38N4O3/c1-2-26-25(27-15-8-13-24(31)32-22-11-6-7-12-22)28-18-21-17-23(30)29(19-21)16-14-20-9-4-3-5-10-20/h3-5,9-10,21-22H,2,6-8,11-19H2,1H3,(H2,26,27,28).